The molecule has 1 fully saturated rings. The number of amides is 1. The van der Waals surface area contributed by atoms with Crippen molar-refractivity contribution in [3.63, 3.8) is 0 Å². The first-order valence-corrected chi connectivity index (χ1v) is 7.93. The molecular weight excluding hydrogens is 304 g/mol. The highest BCUT2D eigenvalue weighted by molar-refractivity contribution is 5.92. The molecule has 1 aliphatic rings. The molecular formula is C19H20N2O3. The molecule has 0 radical (unpaired) electrons. The number of carbonyl (C=O) groups is 1. The van der Waals surface area contributed by atoms with Gasteiger partial charge in [-0.25, -0.2) is 14.7 Å². The molecule has 24 heavy (non-hydrogen) atoms. The molecule has 2 aromatic rings. The zero-order valence-corrected chi connectivity index (χ0v) is 13.6. The molecule has 1 aliphatic heterocycles. The average molecular weight is 324 g/mol. The maximum Gasteiger partial charge on any atom is 0.417 e. The first-order valence-electron chi connectivity index (χ1n) is 7.93. The second kappa shape index (κ2) is 7.64. The molecule has 1 unspecified atom stereocenters. The van der Waals surface area contributed by atoms with Gasteiger partial charge < -0.3 is 9.47 Å². The zero-order valence-electron chi connectivity index (χ0n) is 13.6. The second-order valence-electron chi connectivity index (χ2n) is 5.50. The van der Waals surface area contributed by atoms with Crippen molar-refractivity contribution < 1.29 is 14.3 Å². The van der Waals surface area contributed by atoms with Crippen molar-refractivity contribution in [3.8, 4) is 0 Å². The Labute approximate surface area is 141 Å². The van der Waals surface area contributed by atoms with E-state index < -0.39 is 6.09 Å². The summed E-state index contributed by atoms with van der Waals surface area (Å²) < 4.78 is 10.3. The summed E-state index contributed by atoms with van der Waals surface area (Å²) in [5, 5.41) is 0. The van der Waals surface area contributed by atoms with Gasteiger partial charge in [-0.1, -0.05) is 60.7 Å². The molecule has 3 rings (SSSR count). The minimum absolute atomic E-state index is 0.131. The summed E-state index contributed by atoms with van der Waals surface area (Å²) in [6.45, 7) is 0.888. The van der Waals surface area contributed by atoms with Gasteiger partial charge in [0.25, 0.3) is 6.02 Å². The molecule has 0 spiro atoms. The van der Waals surface area contributed by atoms with Gasteiger partial charge in [0, 0.05) is 0 Å². The van der Waals surface area contributed by atoms with Gasteiger partial charge in [-0.05, 0) is 17.5 Å². The fraction of sp³-hybridized carbons (Fsp3) is 0.263. The highest BCUT2D eigenvalue weighted by Crippen LogP contribution is 2.24. The number of methoxy groups -OCH3 is 1. The zero-order chi connectivity index (χ0) is 16.8. The first-order chi connectivity index (χ1) is 11.8. The minimum Gasteiger partial charge on any atom is -0.463 e. The van der Waals surface area contributed by atoms with Crippen LogP contribution in [0.5, 0.6) is 0 Å². The van der Waals surface area contributed by atoms with Gasteiger partial charge in [0.15, 0.2) is 0 Å². The van der Waals surface area contributed by atoms with E-state index >= 15 is 0 Å². The summed E-state index contributed by atoms with van der Waals surface area (Å²) in [6, 6.07) is 20.4. The van der Waals surface area contributed by atoms with E-state index in [1.807, 2.05) is 48.5 Å². The molecule has 0 aromatic heterocycles. The van der Waals surface area contributed by atoms with Gasteiger partial charge in [-0.2, -0.15) is 0 Å². The predicted octanol–water partition coefficient (Wildman–Crippen LogP) is 3.43. The van der Waals surface area contributed by atoms with E-state index in [4.69, 9.17) is 14.5 Å². The third kappa shape index (κ3) is 3.74. The Morgan fingerprint density at radius 1 is 1.17 bits per heavy atom. The Balaban J connectivity index is 1.90. The van der Waals surface area contributed by atoms with Crippen molar-refractivity contribution in [1.29, 1.82) is 0 Å². The number of ether oxygens (including phenoxy) is 2. The number of aliphatic imine (C=N–C) groups is 1. The molecule has 5 nitrogen and oxygen atoms in total. The Bertz CT molecular complexity index is 701. The van der Waals surface area contributed by atoms with Gasteiger partial charge >= 0.3 is 6.09 Å². The molecule has 1 heterocycles. The van der Waals surface area contributed by atoms with Crippen molar-refractivity contribution in [2.24, 2.45) is 4.99 Å². The number of amidine groups is 1. The summed E-state index contributed by atoms with van der Waals surface area (Å²) in [7, 11) is 1.36. The number of benzene rings is 2. The Morgan fingerprint density at radius 2 is 1.83 bits per heavy atom. The van der Waals surface area contributed by atoms with Crippen LogP contribution >= 0.6 is 0 Å². The van der Waals surface area contributed by atoms with Gasteiger partial charge in [-0.3, -0.25) is 0 Å². The first kappa shape index (κ1) is 16.1. The summed E-state index contributed by atoms with van der Waals surface area (Å²) in [5.74, 6) is 0. The highest BCUT2D eigenvalue weighted by atomic mass is 16.6. The van der Waals surface area contributed by atoms with Crippen LogP contribution in [0.1, 0.15) is 17.2 Å². The van der Waals surface area contributed by atoms with E-state index in [2.05, 4.69) is 12.1 Å². The largest absolute Gasteiger partial charge is 0.463 e. The molecule has 2 aromatic carbocycles. The van der Waals surface area contributed by atoms with Gasteiger partial charge in [-0.15, -0.1) is 0 Å². The van der Waals surface area contributed by atoms with E-state index in [-0.39, 0.29) is 6.04 Å². The molecule has 0 bridgehead atoms. The number of hydrogen-bond donors (Lipinski definition) is 0. The molecule has 1 atom stereocenters. The maximum absolute atomic E-state index is 11.8. The molecule has 1 amide bonds. The van der Waals surface area contributed by atoms with Crippen molar-refractivity contribution in [2.45, 2.75) is 12.5 Å². The van der Waals surface area contributed by atoms with E-state index in [0.717, 1.165) is 12.0 Å². The van der Waals surface area contributed by atoms with Crippen LogP contribution in [0.15, 0.2) is 65.7 Å². The topological polar surface area (TPSA) is 51.1 Å². The van der Waals surface area contributed by atoms with Gasteiger partial charge in [0.05, 0.1) is 19.7 Å². The van der Waals surface area contributed by atoms with Gasteiger partial charge in [0.2, 0.25) is 0 Å². The fourth-order valence-electron chi connectivity index (χ4n) is 2.67. The summed E-state index contributed by atoms with van der Waals surface area (Å²) in [5.41, 5.74) is 2.26. The molecule has 124 valence electrons. The number of rotatable bonds is 4. The normalized spacial score (nSPS) is 16.7. The molecule has 5 heteroatoms. The number of nitrogens with zero attached hydrogens (tertiary/aromatic N) is 2. The Kier molecular flexibility index (Phi) is 5.11. The number of carbonyl (C=O) groups excluding carboxylic acids is 1. The van der Waals surface area contributed by atoms with Crippen molar-refractivity contribution >= 4 is 12.1 Å². The molecule has 1 saturated heterocycles. The average Bonchev–Trinajstić information content (AvgIpc) is 3.10. The van der Waals surface area contributed by atoms with Crippen LogP contribution in [0.3, 0.4) is 0 Å². The van der Waals surface area contributed by atoms with E-state index in [9.17, 15) is 4.79 Å². The smallest absolute Gasteiger partial charge is 0.417 e. The van der Waals surface area contributed by atoms with Crippen molar-refractivity contribution in [2.75, 3.05) is 20.3 Å². The summed E-state index contributed by atoms with van der Waals surface area (Å²) in [4.78, 5) is 18.0. The van der Waals surface area contributed by atoms with Crippen LogP contribution in [-0.4, -0.2) is 37.3 Å². The van der Waals surface area contributed by atoms with Gasteiger partial charge in [0.1, 0.15) is 6.61 Å². The fourth-order valence-corrected chi connectivity index (χ4v) is 2.67. The van der Waals surface area contributed by atoms with Crippen molar-refractivity contribution in [1.82, 2.24) is 4.90 Å². The highest BCUT2D eigenvalue weighted by Gasteiger charge is 2.28. The second-order valence-corrected chi connectivity index (χ2v) is 5.50. The maximum atomic E-state index is 11.8. The molecule has 0 N–H and O–H groups in total. The van der Waals surface area contributed by atoms with E-state index in [0.29, 0.717) is 19.2 Å². The van der Waals surface area contributed by atoms with Crippen molar-refractivity contribution in [3.05, 3.63) is 71.8 Å². The quantitative estimate of drug-likeness (QED) is 0.866. The standard InChI is InChI=1S/C19H20N2O3/c1-23-19(22)21-12-13-24-18(21)20-17(16-10-6-3-7-11-16)14-15-8-4-2-5-9-15/h2-11,17H,12-14H2,1H3. The van der Waals surface area contributed by atoms with Crippen LogP contribution in [0.4, 0.5) is 4.79 Å². The molecule has 0 saturated carbocycles. The summed E-state index contributed by atoms with van der Waals surface area (Å²) >= 11 is 0. The predicted molar refractivity (Wildman–Crippen MR) is 91.8 cm³/mol. The third-order valence-corrected chi connectivity index (χ3v) is 3.89. The third-order valence-electron chi connectivity index (χ3n) is 3.89. The monoisotopic (exact) mass is 324 g/mol. The lowest BCUT2D eigenvalue weighted by Gasteiger charge is -2.17. The van der Waals surface area contributed by atoms with Crippen LogP contribution in [0.25, 0.3) is 0 Å². The minimum atomic E-state index is -0.447. The summed E-state index contributed by atoms with van der Waals surface area (Å²) in [6.07, 6.45) is 0.282. The van der Waals surface area contributed by atoms with Crippen LogP contribution in [0.2, 0.25) is 0 Å². The van der Waals surface area contributed by atoms with Crippen LogP contribution in [0, 0.1) is 0 Å². The lowest BCUT2D eigenvalue weighted by molar-refractivity contribution is 0.148. The van der Waals surface area contributed by atoms with Crippen LogP contribution < -0.4 is 0 Å². The van der Waals surface area contributed by atoms with E-state index in [1.54, 1.807) is 0 Å². The lowest BCUT2D eigenvalue weighted by atomic mass is 9.99. The molecule has 0 aliphatic carbocycles. The SMILES string of the molecule is COC(=O)N1CCOC1=NC(Cc1ccccc1)c1ccccc1. The Hall–Kier alpha value is -2.82. The van der Waals surface area contributed by atoms with Crippen LogP contribution in [-0.2, 0) is 15.9 Å². The lowest BCUT2D eigenvalue weighted by Crippen LogP contribution is -2.33. The number of hydrogen-bond acceptors (Lipinski definition) is 4. The van der Waals surface area contributed by atoms with E-state index in [1.165, 1.54) is 17.6 Å². The Morgan fingerprint density at radius 3 is 2.50 bits per heavy atom.